The van der Waals surface area contributed by atoms with Crippen molar-refractivity contribution >= 4 is 23.2 Å². The number of benzene rings is 2. The number of ether oxygens (including phenoxy) is 2. The van der Waals surface area contributed by atoms with Crippen molar-refractivity contribution in [3.8, 4) is 11.5 Å². The fourth-order valence-corrected chi connectivity index (χ4v) is 4.28. The van der Waals surface area contributed by atoms with Crippen molar-refractivity contribution < 1.29 is 14.3 Å². The molecule has 0 radical (unpaired) electrons. The van der Waals surface area contributed by atoms with Gasteiger partial charge in [0, 0.05) is 44.0 Å². The van der Waals surface area contributed by atoms with Crippen LogP contribution in [-0.4, -0.2) is 63.8 Å². The molecule has 0 unspecified atom stereocenters. The van der Waals surface area contributed by atoms with Gasteiger partial charge >= 0.3 is 0 Å². The summed E-state index contributed by atoms with van der Waals surface area (Å²) in [5.74, 6) is 0.815. The number of rotatable bonds is 11. The first-order valence-corrected chi connectivity index (χ1v) is 12.2. The minimum absolute atomic E-state index is 0.149. The number of carbonyl (C=O) groups excluding carboxylic acids is 1. The number of anilines is 1. The van der Waals surface area contributed by atoms with Gasteiger partial charge in [-0.15, -0.1) is 0 Å². The Morgan fingerprint density at radius 3 is 2.61 bits per heavy atom. The molecule has 7 heteroatoms. The van der Waals surface area contributed by atoms with Gasteiger partial charge in [-0.2, -0.15) is 0 Å². The minimum atomic E-state index is -0.149. The standard InChI is InChI=1S/C26H36ClN3O3/c1-4-16-33-25-23(27)18-21(19-24(25)32-3)26(31)28-10-5-6-11-29-12-14-30(15-13-29)22-9-7-8-20(2)17-22/h7-9,17-19H,4-6,10-16H2,1-3H3,(H,28,31). The lowest BCUT2D eigenvalue weighted by Crippen LogP contribution is -2.46. The van der Waals surface area contributed by atoms with Gasteiger partial charge in [-0.05, 0) is 62.6 Å². The van der Waals surface area contributed by atoms with Crippen LogP contribution in [-0.2, 0) is 0 Å². The molecule has 0 aromatic heterocycles. The summed E-state index contributed by atoms with van der Waals surface area (Å²) in [6, 6.07) is 12.0. The van der Waals surface area contributed by atoms with E-state index in [1.54, 1.807) is 19.2 Å². The quantitative estimate of drug-likeness (QED) is 0.476. The van der Waals surface area contributed by atoms with Crippen LogP contribution in [0.15, 0.2) is 36.4 Å². The predicted molar refractivity (Wildman–Crippen MR) is 135 cm³/mol. The van der Waals surface area contributed by atoms with Crippen LogP contribution in [0.5, 0.6) is 11.5 Å². The van der Waals surface area contributed by atoms with Gasteiger partial charge in [0.1, 0.15) is 0 Å². The number of hydrogen-bond acceptors (Lipinski definition) is 5. The summed E-state index contributed by atoms with van der Waals surface area (Å²) in [5.41, 5.74) is 3.10. The molecule has 6 nitrogen and oxygen atoms in total. The third-order valence-corrected chi connectivity index (χ3v) is 6.15. The third kappa shape index (κ3) is 7.27. The molecule has 1 fully saturated rings. The fraction of sp³-hybridized carbons (Fsp3) is 0.500. The molecule has 2 aromatic carbocycles. The molecular formula is C26H36ClN3O3. The highest BCUT2D eigenvalue weighted by Gasteiger charge is 2.18. The number of unbranched alkanes of at least 4 members (excludes halogenated alkanes) is 1. The summed E-state index contributed by atoms with van der Waals surface area (Å²) in [6.45, 7) is 10.7. The van der Waals surface area contributed by atoms with Crippen LogP contribution in [0.25, 0.3) is 0 Å². The zero-order valence-corrected chi connectivity index (χ0v) is 20.8. The number of nitrogens with one attached hydrogen (secondary N) is 1. The topological polar surface area (TPSA) is 54.0 Å². The average Bonchev–Trinajstić information content (AvgIpc) is 2.83. The van der Waals surface area contributed by atoms with Crippen molar-refractivity contribution in [2.45, 2.75) is 33.1 Å². The number of methoxy groups -OCH3 is 1. The number of amides is 1. The number of carbonyl (C=O) groups is 1. The summed E-state index contributed by atoms with van der Waals surface area (Å²) in [6.07, 6.45) is 2.86. The van der Waals surface area contributed by atoms with E-state index >= 15 is 0 Å². The Morgan fingerprint density at radius 2 is 1.91 bits per heavy atom. The molecule has 0 bridgehead atoms. The second-order valence-corrected chi connectivity index (χ2v) is 8.88. The first-order chi connectivity index (χ1) is 16.0. The van der Waals surface area contributed by atoms with Gasteiger partial charge in [0.15, 0.2) is 11.5 Å². The first kappa shape index (κ1) is 25.2. The van der Waals surface area contributed by atoms with E-state index < -0.39 is 0 Å². The van der Waals surface area contributed by atoms with Crippen molar-refractivity contribution in [3.05, 3.63) is 52.5 Å². The van der Waals surface area contributed by atoms with E-state index in [1.807, 2.05) is 6.92 Å². The maximum absolute atomic E-state index is 12.6. The smallest absolute Gasteiger partial charge is 0.251 e. The van der Waals surface area contributed by atoms with Crippen LogP contribution in [0.1, 0.15) is 42.1 Å². The van der Waals surface area contributed by atoms with Gasteiger partial charge in [0.05, 0.1) is 18.7 Å². The van der Waals surface area contributed by atoms with E-state index in [1.165, 1.54) is 11.3 Å². The Balaban J connectivity index is 1.37. The number of hydrogen-bond donors (Lipinski definition) is 1. The highest BCUT2D eigenvalue weighted by atomic mass is 35.5. The second-order valence-electron chi connectivity index (χ2n) is 8.47. The molecule has 3 rings (SSSR count). The average molecular weight is 474 g/mol. The Labute approximate surface area is 202 Å². The minimum Gasteiger partial charge on any atom is -0.493 e. The molecule has 1 saturated heterocycles. The zero-order valence-electron chi connectivity index (χ0n) is 20.0. The van der Waals surface area contributed by atoms with Gasteiger partial charge in [0.2, 0.25) is 0 Å². The molecule has 0 saturated carbocycles. The zero-order chi connectivity index (χ0) is 23.6. The van der Waals surface area contributed by atoms with Gasteiger partial charge in [0.25, 0.3) is 5.91 Å². The van der Waals surface area contributed by atoms with E-state index in [0.717, 1.165) is 52.0 Å². The number of aryl methyl sites for hydroxylation is 1. The molecule has 0 aliphatic carbocycles. The Kier molecular flexibility index (Phi) is 9.70. The number of piperazine rings is 1. The largest absolute Gasteiger partial charge is 0.493 e. The lowest BCUT2D eigenvalue weighted by Gasteiger charge is -2.36. The van der Waals surface area contributed by atoms with Gasteiger partial charge in [-0.1, -0.05) is 30.7 Å². The first-order valence-electron chi connectivity index (χ1n) is 11.8. The molecule has 0 spiro atoms. The van der Waals surface area contributed by atoms with Crippen molar-refractivity contribution in [1.82, 2.24) is 10.2 Å². The predicted octanol–water partition coefficient (Wildman–Crippen LogP) is 4.78. The molecule has 33 heavy (non-hydrogen) atoms. The lowest BCUT2D eigenvalue weighted by atomic mass is 10.1. The molecular weight excluding hydrogens is 438 g/mol. The SMILES string of the molecule is CCCOc1c(Cl)cc(C(=O)NCCCCN2CCN(c3cccc(C)c3)CC2)cc1OC. The summed E-state index contributed by atoms with van der Waals surface area (Å²) in [5, 5.41) is 3.38. The fourth-order valence-electron chi connectivity index (χ4n) is 4.01. The van der Waals surface area contributed by atoms with E-state index in [4.69, 9.17) is 21.1 Å². The van der Waals surface area contributed by atoms with E-state index in [-0.39, 0.29) is 5.91 Å². The van der Waals surface area contributed by atoms with Crippen LogP contribution in [0.3, 0.4) is 0 Å². The Bertz CT molecular complexity index is 914. The normalized spacial score (nSPS) is 14.2. The maximum Gasteiger partial charge on any atom is 0.251 e. The van der Waals surface area contributed by atoms with E-state index in [2.05, 4.69) is 46.3 Å². The van der Waals surface area contributed by atoms with Crippen molar-refractivity contribution in [1.29, 1.82) is 0 Å². The summed E-state index contributed by atoms with van der Waals surface area (Å²) in [4.78, 5) is 17.5. The highest BCUT2D eigenvalue weighted by Crippen LogP contribution is 2.36. The summed E-state index contributed by atoms with van der Waals surface area (Å²) >= 11 is 6.33. The number of halogens is 1. The highest BCUT2D eigenvalue weighted by molar-refractivity contribution is 6.32. The molecule has 180 valence electrons. The van der Waals surface area contributed by atoms with Crippen molar-refractivity contribution in [3.63, 3.8) is 0 Å². The second kappa shape index (κ2) is 12.7. The molecule has 1 aliphatic heterocycles. The van der Waals surface area contributed by atoms with Gasteiger partial charge < -0.3 is 19.7 Å². The molecule has 1 N–H and O–H groups in total. The summed E-state index contributed by atoms with van der Waals surface area (Å²) < 4.78 is 11.0. The van der Waals surface area contributed by atoms with E-state index in [9.17, 15) is 4.79 Å². The lowest BCUT2D eigenvalue weighted by molar-refractivity contribution is 0.0952. The van der Waals surface area contributed by atoms with Crippen LogP contribution < -0.4 is 19.7 Å². The van der Waals surface area contributed by atoms with Crippen LogP contribution in [0, 0.1) is 6.92 Å². The maximum atomic E-state index is 12.6. The summed E-state index contributed by atoms with van der Waals surface area (Å²) in [7, 11) is 1.55. The molecule has 1 aliphatic rings. The number of nitrogens with zero attached hydrogens (tertiary/aromatic N) is 2. The Morgan fingerprint density at radius 1 is 1.12 bits per heavy atom. The van der Waals surface area contributed by atoms with E-state index in [0.29, 0.717) is 35.2 Å². The molecule has 1 amide bonds. The van der Waals surface area contributed by atoms with Gasteiger partial charge in [-0.25, -0.2) is 0 Å². The van der Waals surface area contributed by atoms with Crippen LogP contribution in [0.2, 0.25) is 5.02 Å². The molecule has 0 atom stereocenters. The van der Waals surface area contributed by atoms with Crippen LogP contribution >= 0.6 is 11.6 Å². The van der Waals surface area contributed by atoms with Crippen molar-refractivity contribution in [2.24, 2.45) is 0 Å². The van der Waals surface area contributed by atoms with Gasteiger partial charge in [-0.3, -0.25) is 9.69 Å². The Hall–Kier alpha value is -2.44. The van der Waals surface area contributed by atoms with Crippen LogP contribution in [0.4, 0.5) is 5.69 Å². The monoisotopic (exact) mass is 473 g/mol. The molecule has 2 aromatic rings. The third-order valence-electron chi connectivity index (χ3n) is 5.87. The van der Waals surface area contributed by atoms with Crippen molar-refractivity contribution in [2.75, 3.05) is 57.9 Å². The molecule has 1 heterocycles.